The summed E-state index contributed by atoms with van der Waals surface area (Å²) in [5.41, 5.74) is 4.17. The van der Waals surface area contributed by atoms with Crippen LogP contribution in [0.15, 0.2) is 35.5 Å². The highest BCUT2D eigenvalue weighted by molar-refractivity contribution is 7.99. The Labute approximate surface area is 140 Å². The highest BCUT2D eigenvalue weighted by atomic mass is 32.2. The number of fused-ring (bicyclic) bond motifs is 1. The molecule has 0 aliphatic rings. The van der Waals surface area contributed by atoms with Crippen molar-refractivity contribution in [3.05, 3.63) is 41.7 Å². The normalized spacial score (nSPS) is 11.1. The second-order valence-corrected chi connectivity index (χ2v) is 6.66. The minimum absolute atomic E-state index is 0.285. The Balaban J connectivity index is 2.24. The fraction of sp³-hybridized carbons (Fsp3) is 0.278. The molecule has 4 nitrogen and oxygen atoms in total. The van der Waals surface area contributed by atoms with Crippen molar-refractivity contribution < 1.29 is 0 Å². The molecule has 23 heavy (non-hydrogen) atoms. The first-order valence-electron chi connectivity index (χ1n) is 7.49. The first-order chi connectivity index (χ1) is 11.1. The lowest BCUT2D eigenvalue weighted by Crippen LogP contribution is -2.02. The van der Waals surface area contributed by atoms with Crippen LogP contribution < -0.4 is 0 Å². The van der Waals surface area contributed by atoms with Gasteiger partial charge in [0.1, 0.15) is 10.5 Å². The summed E-state index contributed by atoms with van der Waals surface area (Å²) in [5.74, 6) is 3.49. The van der Waals surface area contributed by atoms with Gasteiger partial charge in [0.15, 0.2) is 0 Å². The van der Waals surface area contributed by atoms with Crippen LogP contribution in [-0.4, -0.2) is 25.7 Å². The lowest BCUT2D eigenvalue weighted by Gasteiger charge is -2.10. The number of aromatic nitrogens is 4. The van der Waals surface area contributed by atoms with E-state index in [4.69, 9.17) is 6.42 Å². The van der Waals surface area contributed by atoms with Gasteiger partial charge in [0.25, 0.3) is 0 Å². The lowest BCUT2D eigenvalue weighted by atomic mass is 10.1. The molecule has 1 aromatic carbocycles. The Kier molecular flexibility index (Phi) is 4.35. The molecule has 0 fully saturated rings. The fourth-order valence-electron chi connectivity index (χ4n) is 2.46. The average Bonchev–Trinajstić information content (AvgIpc) is 2.98. The van der Waals surface area contributed by atoms with Crippen LogP contribution >= 0.6 is 11.8 Å². The molecule has 0 unspecified atom stereocenters. The maximum Gasteiger partial charge on any atom is 0.146 e. The monoisotopic (exact) mass is 322 g/mol. The summed E-state index contributed by atoms with van der Waals surface area (Å²) in [5, 5.41) is 15.2. The molecule has 2 heterocycles. The van der Waals surface area contributed by atoms with Crippen LogP contribution in [0.1, 0.15) is 31.0 Å². The molecule has 0 bridgehead atoms. The van der Waals surface area contributed by atoms with Crippen molar-refractivity contribution in [3.63, 3.8) is 0 Å². The van der Waals surface area contributed by atoms with Crippen LogP contribution in [-0.2, 0) is 0 Å². The quantitative estimate of drug-likeness (QED) is 0.538. The molecule has 5 heteroatoms. The van der Waals surface area contributed by atoms with E-state index in [0.717, 1.165) is 27.3 Å². The van der Waals surface area contributed by atoms with E-state index >= 15 is 0 Å². The molecule has 0 radical (unpaired) electrons. The SMILES string of the molecule is C#CCSc1nnc(C(C)C)c2cnn(-c3ccc(C)cc3)c12. The molecule has 3 aromatic rings. The van der Waals surface area contributed by atoms with E-state index in [1.807, 2.05) is 10.9 Å². The van der Waals surface area contributed by atoms with Gasteiger partial charge in [-0.2, -0.15) is 10.2 Å². The summed E-state index contributed by atoms with van der Waals surface area (Å²) in [6, 6.07) is 8.28. The third-order valence-electron chi connectivity index (χ3n) is 3.61. The van der Waals surface area contributed by atoms with E-state index in [-0.39, 0.29) is 5.92 Å². The van der Waals surface area contributed by atoms with Gasteiger partial charge in [-0.1, -0.05) is 49.2 Å². The molecule has 116 valence electrons. The van der Waals surface area contributed by atoms with Gasteiger partial charge < -0.3 is 0 Å². The summed E-state index contributed by atoms with van der Waals surface area (Å²) < 4.78 is 1.92. The predicted molar refractivity (Wildman–Crippen MR) is 95.0 cm³/mol. The van der Waals surface area contributed by atoms with Crippen LogP contribution in [0, 0.1) is 19.3 Å². The molecule has 0 saturated heterocycles. The molecule has 0 aliphatic carbocycles. The number of benzene rings is 1. The molecule has 0 atom stereocenters. The largest absolute Gasteiger partial charge is 0.230 e. The second-order valence-electron chi connectivity index (χ2n) is 5.69. The van der Waals surface area contributed by atoms with E-state index in [0.29, 0.717) is 5.75 Å². The molecular weight excluding hydrogens is 304 g/mol. The van der Waals surface area contributed by atoms with Gasteiger partial charge in [0.2, 0.25) is 0 Å². The topological polar surface area (TPSA) is 43.6 Å². The molecule has 0 saturated carbocycles. The van der Waals surface area contributed by atoms with E-state index in [1.54, 1.807) is 0 Å². The summed E-state index contributed by atoms with van der Waals surface area (Å²) >= 11 is 1.52. The molecular formula is C18H18N4S. The number of aryl methyl sites for hydroxylation is 1. The van der Waals surface area contributed by atoms with Crippen molar-refractivity contribution in [1.82, 2.24) is 20.0 Å². The van der Waals surface area contributed by atoms with E-state index in [9.17, 15) is 0 Å². The Morgan fingerprint density at radius 1 is 1.22 bits per heavy atom. The number of rotatable bonds is 4. The van der Waals surface area contributed by atoms with E-state index in [1.165, 1.54) is 17.3 Å². The van der Waals surface area contributed by atoms with Gasteiger partial charge in [-0.05, 0) is 25.0 Å². The van der Waals surface area contributed by atoms with Gasteiger partial charge >= 0.3 is 0 Å². The summed E-state index contributed by atoms with van der Waals surface area (Å²) in [4.78, 5) is 0. The van der Waals surface area contributed by atoms with Crippen LogP contribution in [0.2, 0.25) is 0 Å². The van der Waals surface area contributed by atoms with Gasteiger partial charge in [-0.3, -0.25) is 0 Å². The minimum Gasteiger partial charge on any atom is -0.230 e. The van der Waals surface area contributed by atoms with Crippen molar-refractivity contribution in [1.29, 1.82) is 0 Å². The Bertz CT molecular complexity index is 872. The second kappa shape index (κ2) is 6.43. The van der Waals surface area contributed by atoms with E-state index < -0.39 is 0 Å². The maximum absolute atomic E-state index is 5.40. The van der Waals surface area contributed by atoms with Crippen molar-refractivity contribution in [2.24, 2.45) is 0 Å². The number of thioether (sulfide) groups is 1. The standard InChI is InChI=1S/C18H18N4S/c1-5-10-23-18-17-15(16(12(2)3)20-21-18)11-19-22(17)14-8-6-13(4)7-9-14/h1,6-9,11-12H,10H2,2-4H3. The van der Waals surface area contributed by atoms with Gasteiger partial charge in [-0.15, -0.1) is 11.5 Å². The Morgan fingerprint density at radius 3 is 2.61 bits per heavy atom. The number of nitrogens with zero attached hydrogens (tertiary/aromatic N) is 4. The van der Waals surface area contributed by atoms with Crippen LogP contribution in [0.4, 0.5) is 0 Å². The first kappa shape index (κ1) is 15.6. The van der Waals surface area contributed by atoms with Crippen LogP contribution in [0.25, 0.3) is 16.6 Å². The zero-order valence-corrected chi connectivity index (χ0v) is 14.3. The molecule has 0 N–H and O–H groups in total. The van der Waals surface area contributed by atoms with Gasteiger partial charge in [0, 0.05) is 5.39 Å². The molecule has 0 aliphatic heterocycles. The molecule has 3 rings (SSSR count). The highest BCUT2D eigenvalue weighted by Gasteiger charge is 2.17. The predicted octanol–water partition coefficient (Wildman–Crippen LogP) is 3.97. The number of hydrogen-bond acceptors (Lipinski definition) is 4. The van der Waals surface area contributed by atoms with E-state index in [2.05, 4.69) is 66.3 Å². The van der Waals surface area contributed by atoms with Crippen LogP contribution in [0.3, 0.4) is 0 Å². The van der Waals surface area contributed by atoms with Gasteiger partial charge in [-0.25, -0.2) is 4.68 Å². The summed E-state index contributed by atoms with van der Waals surface area (Å²) in [6.45, 7) is 6.30. The summed E-state index contributed by atoms with van der Waals surface area (Å²) in [6.07, 6.45) is 7.27. The molecule has 0 amide bonds. The average molecular weight is 322 g/mol. The Hall–Kier alpha value is -2.32. The number of terminal acetylenes is 1. The van der Waals surface area contributed by atoms with Crippen molar-refractivity contribution >= 4 is 22.7 Å². The van der Waals surface area contributed by atoms with Crippen molar-refractivity contribution in [2.75, 3.05) is 5.75 Å². The lowest BCUT2D eigenvalue weighted by molar-refractivity contribution is 0.776. The minimum atomic E-state index is 0.285. The Morgan fingerprint density at radius 2 is 1.96 bits per heavy atom. The first-order valence-corrected chi connectivity index (χ1v) is 8.48. The van der Waals surface area contributed by atoms with Crippen LogP contribution in [0.5, 0.6) is 0 Å². The van der Waals surface area contributed by atoms with Gasteiger partial charge in [0.05, 0.1) is 23.3 Å². The van der Waals surface area contributed by atoms with Crippen molar-refractivity contribution in [3.8, 4) is 18.0 Å². The fourth-order valence-corrected chi connectivity index (χ4v) is 3.11. The van der Waals surface area contributed by atoms with Crippen molar-refractivity contribution in [2.45, 2.75) is 31.7 Å². The number of hydrogen-bond donors (Lipinski definition) is 0. The highest BCUT2D eigenvalue weighted by Crippen LogP contribution is 2.31. The summed E-state index contributed by atoms with van der Waals surface area (Å²) in [7, 11) is 0. The zero-order chi connectivity index (χ0) is 16.4. The maximum atomic E-state index is 5.40. The molecule has 2 aromatic heterocycles. The molecule has 0 spiro atoms. The third kappa shape index (κ3) is 2.95. The zero-order valence-electron chi connectivity index (χ0n) is 13.4. The smallest absolute Gasteiger partial charge is 0.146 e. The third-order valence-corrected chi connectivity index (χ3v) is 4.47.